The van der Waals surface area contributed by atoms with Crippen LogP contribution in [0.5, 0.6) is 0 Å². The SMILES string of the molecule is CCc1ccc(CC(Cc2ccc(F)cc2F)NC)cc1. The van der Waals surface area contributed by atoms with Crippen LogP contribution < -0.4 is 5.32 Å². The van der Waals surface area contributed by atoms with E-state index in [0.717, 1.165) is 18.9 Å². The molecule has 0 fully saturated rings. The molecule has 0 aliphatic carbocycles. The van der Waals surface area contributed by atoms with Gasteiger partial charge in [0.25, 0.3) is 0 Å². The summed E-state index contributed by atoms with van der Waals surface area (Å²) < 4.78 is 26.6. The third-order valence-electron chi connectivity index (χ3n) is 3.80. The molecular formula is C18H21F2N. The molecule has 2 rings (SSSR count). The number of aryl methyl sites for hydroxylation is 1. The molecule has 1 nitrogen and oxygen atoms in total. The number of hydrogen-bond donors (Lipinski definition) is 1. The fraction of sp³-hybridized carbons (Fsp3) is 0.333. The van der Waals surface area contributed by atoms with Gasteiger partial charge in [-0.3, -0.25) is 0 Å². The third-order valence-corrected chi connectivity index (χ3v) is 3.80. The van der Waals surface area contributed by atoms with E-state index in [-0.39, 0.29) is 6.04 Å². The number of hydrogen-bond acceptors (Lipinski definition) is 1. The minimum absolute atomic E-state index is 0.123. The molecule has 0 bridgehead atoms. The molecule has 1 unspecified atom stereocenters. The van der Waals surface area contributed by atoms with Crippen LogP contribution in [0.4, 0.5) is 8.78 Å². The van der Waals surface area contributed by atoms with Crippen molar-refractivity contribution >= 4 is 0 Å². The minimum atomic E-state index is -0.535. The maximum absolute atomic E-state index is 13.7. The summed E-state index contributed by atoms with van der Waals surface area (Å²) >= 11 is 0. The molecular weight excluding hydrogens is 268 g/mol. The Hall–Kier alpha value is -1.74. The largest absolute Gasteiger partial charge is 0.316 e. The molecule has 112 valence electrons. The van der Waals surface area contributed by atoms with Gasteiger partial charge in [0.15, 0.2) is 0 Å². The van der Waals surface area contributed by atoms with Gasteiger partial charge in [0.2, 0.25) is 0 Å². The Morgan fingerprint density at radius 2 is 1.62 bits per heavy atom. The third kappa shape index (κ3) is 4.36. The zero-order valence-electron chi connectivity index (χ0n) is 12.5. The monoisotopic (exact) mass is 289 g/mol. The predicted molar refractivity (Wildman–Crippen MR) is 82.4 cm³/mol. The quantitative estimate of drug-likeness (QED) is 0.850. The van der Waals surface area contributed by atoms with Crippen LogP contribution in [0.15, 0.2) is 42.5 Å². The molecule has 0 heterocycles. The van der Waals surface area contributed by atoms with Crippen LogP contribution in [-0.2, 0) is 19.3 Å². The summed E-state index contributed by atoms with van der Waals surface area (Å²) in [6, 6.07) is 12.4. The Kier molecular flexibility index (Phi) is 5.45. The maximum atomic E-state index is 13.7. The Bertz CT molecular complexity index is 578. The number of likely N-dealkylation sites (N-methyl/N-ethyl adjacent to an activating group) is 1. The highest BCUT2D eigenvalue weighted by atomic mass is 19.1. The van der Waals surface area contributed by atoms with Crippen molar-refractivity contribution in [1.29, 1.82) is 0 Å². The highest BCUT2D eigenvalue weighted by Gasteiger charge is 2.12. The zero-order valence-corrected chi connectivity index (χ0v) is 12.5. The summed E-state index contributed by atoms with van der Waals surface area (Å²) in [4.78, 5) is 0. The zero-order chi connectivity index (χ0) is 15.2. The molecule has 21 heavy (non-hydrogen) atoms. The van der Waals surface area contributed by atoms with E-state index in [9.17, 15) is 8.78 Å². The average Bonchev–Trinajstić information content (AvgIpc) is 2.49. The number of benzene rings is 2. The van der Waals surface area contributed by atoms with Crippen molar-refractivity contribution in [1.82, 2.24) is 5.32 Å². The van der Waals surface area contributed by atoms with Gasteiger partial charge in [-0.2, -0.15) is 0 Å². The molecule has 2 aromatic carbocycles. The average molecular weight is 289 g/mol. The second-order valence-corrected chi connectivity index (χ2v) is 5.30. The molecule has 0 spiro atoms. The molecule has 1 N–H and O–H groups in total. The van der Waals surface area contributed by atoms with Gasteiger partial charge in [-0.05, 0) is 49.1 Å². The van der Waals surface area contributed by atoms with Crippen LogP contribution in [0, 0.1) is 11.6 Å². The first kappa shape index (κ1) is 15.6. The number of halogens is 2. The van der Waals surface area contributed by atoms with Crippen LogP contribution in [0.1, 0.15) is 23.6 Å². The van der Waals surface area contributed by atoms with Gasteiger partial charge in [0.05, 0.1) is 0 Å². The van der Waals surface area contributed by atoms with E-state index in [1.165, 1.54) is 23.3 Å². The van der Waals surface area contributed by atoms with Crippen LogP contribution in [-0.4, -0.2) is 13.1 Å². The second-order valence-electron chi connectivity index (χ2n) is 5.30. The maximum Gasteiger partial charge on any atom is 0.129 e. The lowest BCUT2D eigenvalue weighted by molar-refractivity contribution is 0.524. The van der Waals surface area contributed by atoms with Crippen LogP contribution in [0.25, 0.3) is 0 Å². The highest BCUT2D eigenvalue weighted by Crippen LogP contribution is 2.14. The molecule has 1 atom stereocenters. The smallest absolute Gasteiger partial charge is 0.129 e. The van der Waals surface area contributed by atoms with Crippen molar-refractivity contribution in [2.75, 3.05) is 7.05 Å². The van der Waals surface area contributed by atoms with Crippen LogP contribution in [0.3, 0.4) is 0 Å². The first-order valence-electron chi connectivity index (χ1n) is 7.31. The number of nitrogens with one attached hydrogen (secondary N) is 1. The van der Waals surface area contributed by atoms with Gasteiger partial charge >= 0.3 is 0 Å². The molecule has 0 aromatic heterocycles. The van der Waals surface area contributed by atoms with Gasteiger partial charge in [0.1, 0.15) is 11.6 Å². The van der Waals surface area contributed by atoms with E-state index < -0.39 is 11.6 Å². The summed E-state index contributed by atoms with van der Waals surface area (Å²) in [5.74, 6) is -1.01. The Morgan fingerprint density at radius 1 is 0.952 bits per heavy atom. The molecule has 0 radical (unpaired) electrons. The highest BCUT2D eigenvalue weighted by molar-refractivity contribution is 5.24. The lowest BCUT2D eigenvalue weighted by Gasteiger charge is -2.17. The molecule has 2 aromatic rings. The first-order valence-corrected chi connectivity index (χ1v) is 7.31. The van der Waals surface area contributed by atoms with Crippen molar-refractivity contribution in [3.63, 3.8) is 0 Å². The van der Waals surface area contributed by atoms with E-state index >= 15 is 0 Å². The Morgan fingerprint density at radius 3 is 2.19 bits per heavy atom. The molecule has 0 saturated carbocycles. The second kappa shape index (κ2) is 7.32. The molecule has 0 aliphatic heterocycles. The standard InChI is InChI=1S/C18H21F2N/c1-3-13-4-6-14(7-5-13)10-17(21-2)11-15-8-9-16(19)12-18(15)20/h4-9,12,17,21H,3,10-11H2,1-2H3. The first-order chi connectivity index (χ1) is 10.1. The molecule has 3 heteroatoms. The summed E-state index contributed by atoms with van der Waals surface area (Å²) in [6.45, 7) is 2.13. The predicted octanol–water partition coefficient (Wildman–Crippen LogP) is 3.90. The normalized spacial score (nSPS) is 12.4. The van der Waals surface area contributed by atoms with Crippen molar-refractivity contribution in [2.45, 2.75) is 32.2 Å². The van der Waals surface area contributed by atoms with Gasteiger partial charge in [-0.25, -0.2) is 8.78 Å². The van der Waals surface area contributed by atoms with Gasteiger partial charge in [-0.1, -0.05) is 37.3 Å². The summed E-state index contributed by atoms with van der Waals surface area (Å²) in [5, 5.41) is 3.21. The Labute approximate surface area is 125 Å². The van der Waals surface area contributed by atoms with Gasteiger partial charge in [-0.15, -0.1) is 0 Å². The van der Waals surface area contributed by atoms with E-state index in [4.69, 9.17) is 0 Å². The fourth-order valence-electron chi connectivity index (χ4n) is 2.42. The molecule has 0 saturated heterocycles. The topological polar surface area (TPSA) is 12.0 Å². The lowest BCUT2D eigenvalue weighted by Crippen LogP contribution is -2.30. The summed E-state index contributed by atoms with van der Waals surface area (Å²) in [6.07, 6.45) is 2.38. The van der Waals surface area contributed by atoms with Crippen LogP contribution in [0.2, 0.25) is 0 Å². The molecule has 0 amide bonds. The Balaban J connectivity index is 2.05. The fourth-order valence-corrected chi connectivity index (χ4v) is 2.42. The van der Waals surface area contributed by atoms with E-state index in [1.54, 1.807) is 0 Å². The van der Waals surface area contributed by atoms with E-state index in [2.05, 4.69) is 36.5 Å². The molecule has 0 aliphatic rings. The summed E-state index contributed by atoms with van der Waals surface area (Å²) in [5.41, 5.74) is 3.07. The minimum Gasteiger partial charge on any atom is -0.316 e. The lowest BCUT2D eigenvalue weighted by atomic mass is 9.98. The van der Waals surface area contributed by atoms with Crippen molar-refractivity contribution < 1.29 is 8.78 Å². The van der Waals surface area contributed by atoms with Crippen LogP contribution >= 0.6 is 0 Å². The van der Waals surface area contributed by atoms with Gasteiger partial charge < -0.3 is 5.32 Å². The van der Waals surface area contributed by atoms with Gasteiger partial charge in [0, 0.05) is 12.1 Å². The van der Waals surface area contributed by atoms with E-state index in [1.807, 2.05) is 7.05 Å². The number of rotatable bonds is 6. The summed E-state index contributed by atoms with van der Waals surface area (Å²) in [7, 11) is 1.87. The van der Waals surface area contributed by atoms with Crippen molar-refractivity contribution in [2.24, 2.45) is 0 Å². The van der Waals surface area contributed by atoms with Crippen molar-refractivity contribution in [3.05, 3.63) is 70.8 Å². The van der Waals surface area contributed by atoms with Crippen molar-refractivity contribution in [3.8, 4) is 0 Å². The van der Waals surface area contributed by atoms with E-state index in [0.29, 0.717) is 12.0 Å².